The molecule has 2 aromatic heterocycles. The number of anilines is 1. The molecule has 0 bridgehead atoms. The van der Waals surface area contributed by atoms with Gasteiger partial charge in [-0.1, -0.05) is 6.07 Å². The van der Waals surface area contributed by atoms with Crippen molar-refractivity contribution in [2.24, 2.45) is 0 Å². The van der Waals surface area contributed by atoms with Crippen molar-refractivity contribution >= 4 is 75.8 Å². The Morgan fingerprint density at radius 3 is 2.76 bits per heavy atom. The molecule has 11 nitrogen and oxygen atoms in total. The maximum atomic E-state index is 12.5. The van der Waals surface area contributed by atoms with Gasteiger partial charge in [0, 0.05) is 35.2 Å². The third-order valence-electron chi connectivity index (χ3n) is 4.68. The average molecular weight is 593 g/mol. The van der Waals surface area contributed by atoms with Crippen LogP contribution in [0.1, 0.15) is 26.6 Å². The van der Waals surface area contributed by atoms with Crippen molar-refractivity contribution in [2.75, 3.05) is 18.2 Å². The predicted octanol–water partition coefficient (Wildman–Crippen LogP) is 1.61. The number of rotatable bonds is 3. The van der Waals surface area contributed by atoms with E-state index in [0.717, 1.165) is 28.8 Å². The highest BCUT2D eigenvalue weighted by molar-refractivity contribution is 8.93. The molecule has 0 saturated carbocycles. The van der Waals surface area contributed by atoms with Crippen molar-refractivity contribution in [3.63, 3.8) is 0 Å². The molecule has 4 heterocycles. The van der Waals surface area contributed by atoms with Crippen molar-refractivity contribution in [3.05, 3.63) is 50.4 Å². The van der Waals surface area contributed by atoms with Crippen molar-refractivity contribution < 1.29 is 22.7 Å². The van der Waals surface area contributed by atoms with Crippen LogP contribution >= 0.6 is 39.0 Å². The first kappa shape index (κ1) is 26.1. The summed E-state index contributed by atoms with van der Waals surface area (Å²) >= 11 is 1.43. The lowest BCUT2D eigenvalue weighted by atomic mass is 10.1. The molecule has 1 aromatic carbocycles. The van der Waals surface area contributed by atoms with Gasteiger partial charge in [-0.15, -0.1) is 28.3 Å². The zero-order valence-corrected chi connectivity index (χ0v) is 21.7. The van der Waals surface area contributed by atoms with Gasteiger partial charge in [0.2, 0.25) is 14.9 Å². The molecule has 0 fully saturated rings. The van der Waals surface area contributed by atoms with Gasteiger partial charge in [0.15, 0.2) is 6.61 Å². The Kier molecular flexibility index (Phi) is 7.98. The highest BCUT2D eigenvalue weighted by atomic mass is 79.9. The number of fused-ring (bicyclic) bond motifs is 4. The lowest BCUT2D eigenvalue weighted by Crippen LogP contribution is -2.28. The third kappa shape index (κ3) is 6.13. The fourth-order valence-electron chi connectivity index (χ4n) is 3.35. The SMILES string of the molecule is Br.CS(=O)(=O)Cl.O=C1COc2ccc(CNC(=O)c3nc4sc5c(c4c(=O)[nH]3)CNC5)cc2N1. The third-order valence-corrected chi connectivity index (χ3v) is 5.80. The minimum atomic E-state index is -3.19. The van der Waals surface area contributed by atoms with Crippen LogP contribution in [0.4, 0.5) is 5.69 Å². The summed E-state index contributed by atoms with van der Waals surface area (Å²) in [7, 11) is 1.31. The molecule has 0 aliphatic carbocycles. The van der Waals surface area contributed by atoms with Crippen molar-refractivity contribution in [1.82, 2.24) is 20.6 Å². The summed E-state index contributed by atoms with van der Waals surface area (Å²) in [5.74, 6) is -0.114. The van der Waals surface area contributed by atoms with Crippen LogP contribution in [-0.2, 0) is 33.5 Å². The van der Waals surface area contributed by atoms with Gasteiger partial charge in [-0.25, -0.2) is 13.4 Å². The van der Waals surface area contributed by atoms with Gasteiger partial charge < -0.3 is 25.7 Å². The second kappa shape index (κ2) is 10.4. The van der Waals surface area contributed by atoms with Crippen LogP contribution in [0.5, 0.6) is 5.75 Å². The molecule has 2 aliphatic rings. The molecule has 4 N–H and O–H groups in total. The Balaban J connectivity index is 0.000000492. The van der Waals surface area contributed by atoms with E-state index in [-0.39, 0.29) is 47.4 Å². The van der Waals surface area contributed by atoms with Crippen LogP contribution in [0.2, 0.25) is 0 Å². The summed E-state index contributed by atoms with van der Waals surface area (Å²) in [4.78, 5) is 44.9. The lowest BCUT2D eigenvalue weighted by Gasteiger charge is -2.18. The molecular weight excluding hydrogens is 574 g/mol. The number of hydrogen-bond donors (Lipinski definition) is 4. The Morgan fingerprint density at radius 1 is 1.29 bits per heavy atom. The number of carbonyl (C=O) groups excluding carboxylic acids is 2. The van der Waals surface area contributed by atoms with E-state index in [1.54, 1.807) is 18.2 Å². The number of H-pyrrole nitrogens is 1. The fraction of sp³-hybridized carbons (Fsp3) is 0.263. The number of benzene rings is 1. The monoisotopic (exact) mass is 591 g/mol. The molecule has 15 heteroatoms. The Morgan fingerprint density at radius 2 is 2.03 bits per heavy atom. The van der Waals surface area contributed by atoms with Gasteiger partial charge >= 0.3 is 0 Å². The maximum Gasteiger partial charge on any atom is 0.287 e. The van der Waals surface area contributed by atoms with E-state index in [1.165, 1.54) is 11.3 Å². The van der Waals surface area contributed by atoms with Gasteiger partial charge in [-0.05, 0) is 23.3 Å². The number of aromatic amines is 1. The highest BCUT2D eigenvalue weighted by Crippen LogP contribution is 2.31. The standard InChI is InChI=1S/C18H15N5O4S.CH3ClO2S.BrH/c24-13-7-27-11-2-1-8(3-10(11)21-13)4-20-17(26)15-22-16(25)14-9-5-19-6-12(9)28-18(14)23-15;1-5(2,3)4;/h1-3,19H,4-7H2,(H,20,26)(H,21,24)(H,22,23,25);1H3;1H. The van der Waals surface area contributed by atoms with E-state index in [4.69, 9.17) is 4.74 Å². The second-order valence-corrected chi connectivity index (χ2v) is 11.4. The van der Waals surface area contributed by atoms with Crippen molar-refractivity contribution in [1.29, 1.82) is 0 Å². The number of carbonyl (C=O) groups is 2. The van der Waals surface area contributed by atoms with Crippen LogP contribution in [0.25, 0.3) is 10.2 Å². The molecule has 0 radical (unpaired) electrons. The number of aromatic nitrogens is 2. The number of hydrogen-bond acceptors (Lipinski definition) is 9. The van der Waals surface area contributed by atoms with Gasteiger partial charge in [-0.2, -0.15) is 0 Å². The highest BCUT2D eigenvalue weighted by Gasteiger charge is 2.22. The second-order valence-electron chi connectivity index (χ2n) is 7.23. The first-order valence-corrected chi connectivity index (χ1v) is 13.1. The van der Waals surface area contributed by atoms with Crippen molar-refractivity contribution in [3.8, 4) is 5.75 Å². The average Bonchev–Trinajstić information content (AvgIpc) is 3.31. The van der Waals surface area contributed by atoms with E-state index >= 15 is 0 Å². The van der Waals surface area contributed by atoms with E-state index < -0.39 is 15.0 Å². The number of nitrogens with zero attached hydrogens (tertiary/aromatic N) is 1. The summed E-state index contributed by atoms with van der Waals surface area (Å²) in [5, 5.41) is 9.23. The van der Waals surface area contributed by atoms with Crippen LogP contribution < -0.4 is 26.2 Å². The molecule has 0 spiro atoms. The zero-order valence-electron chi connectivity index (χ0n) is 17.6. The first-order chi connectivity index (χ1) is 15.6. The quantitative estimate of drug-likeness (QED) is 0.334. The minimum absolute atomic E-state index is 0. The number of thiophene rings is 1. The predicted molar refractivity (Wildman–Crippen MR) is 134 cm³/mol. The topological polar surface area (TPSA) is 159 Å². The molecule has 2 aliphatic heterocycles. The molecule has 0 atom stereocenters. The minimum Gasteiger partial charge on any atom is -0.482 e. The number of ether oxygens (including phenoxy) is 1. The van der Waals surface area contributed by atoms with Gasteiger partial charge in [0.05, 0.1) is 17.3 Å². The summed E-state index contributed by atoms with van der Waals surface area (Å²) in [6.45, 7) is 1.57. The molecule has 0 unspecified atom stereocenters. The van der Waals surface area contributed by atoms with E-state index in [0.29, 0.717) is 28.2 Å². The Bertz CT molecular complexity index is 1430. The summed E-state index contributed by atoms with van der Waals surface area (Å²) in [6.07, 6.45) is 0.925. The molecule has 0 saturated heterocycles. The first-order valence-electron chi connectivity index (χ1n) is 9.57. The number of amides is 2. The van der Waals surface area contributed by atoms with Crippen LogP contribution in [0.15, 0.2) is 23.0 Å². The lowest BCUT2D eigenvalue weighted by molar-refractivity contribution is -0.118. The summed E-state index contributed by atoms with van der Waals surface area (Å²) in [5.41, 5.74) is 2.02. The molecule has 5 rings (SSSR count). The molecule has 3 aromatic rings. The number of halogens is 2. The fourth-order valence-corrected chi connectivity index (χ4v) is 4.51. The zero-order chi connectivity index (χ0) is 23.8. The molecular formula is C19H19BrClN5O6S2. The normalized spacial score (nSPS) is 14.0. The van der Waals surface area contributed by atoms with E-state index in [2.05, 4.69) is 36.6 Å². The van der Waals surface area contributed by atoms with Crippen LogP contribution in [-0.4, -0.2) is 43.1 Å². The van der Waals surface area contributed by atoms with E-state index in [1.807, 2.05) is 0 Å². The Labute approximate surface area is 212 Å². The molecule has 182 valence electrons. The molecule has 34 heavy (non-hydrogen) atoms. The van der Waals surface area contributed by atoms with Gasteiger partial charge in [0.1, 0.15) is 10.6 Å². The van der Waals surface area contributed by atoms with Crippen LogP contribution in [0.3, 0.4) is 0 Å². The molecule has 2 amide bonds. The Hall–Kier alpha value is -2.52. The van der Waals surface area contributed by atoms with Crippen molar-refractivity contribution in [2.45, 2.75) is 19.6 Å². The van der Waals surface area contributed by atoms with Crippen LogP contribution in [0, 0.1) is 0 Å². The maximum absolute atomic E-state index is 12.5. The summed E-state index contributed by atoms with van der Waals surface area (Å²) in [6, 6.07) is 5.28. The van der Waals surface area contributed by atoms with E-state index in [9.17, 15) is 22.8 Å². The smallest absolute Gasteiger partial charge is 0.287 e. The van der Waals surface area contributed by atoms with Gasteiger partial charge in [0.25, 0.3) is 17.4 Å². The number of nitrogens with one attached hydrogen (secondary N) is 4. The van der Waals surface area contributed by atoms with Gasteiger partial charge in [-0.3, -0.25) is 14.4 Å². The summed E-state index contributed by atoms with van der Waals surface area (Å²) < 4.78 is 24.1. The largest absolute Gasteiger partial charge is 0.482 e.